The van der Waals surface area contributed by atoms with Crippen molar-refractivity contribution in [3.8, 4) is 0 Å². The van der Waals surface area contributed by atoms with E-state index in [4.69, 9.17) is 4.74 Å². The molecule has 0 saturated carbocycles. The maximum Gasteiger partial charge on any atom is 0.485 e. The van der Waals surface area contributed by atoms with Crippen LogP contribution < -0.4 is 4.90 Å². The van der Waals surface area contributed by atoms with Gasteiger partial charge < -0.3 is 4.74 Å². The zero-order valence-electron chi connectivity index (χ0n) is 11.0. The van der Waals surface area contributed by atoms with Gasteiger partial charge in [0.25, 0.3) is 0 Å². The van der Waals surface area contributed by atoms with Gasteiger partial charge in [0, 0.05) is 6.04 Å². The summed E-state index contributed by atoms with van der Waals surface area (Å²) in [5.41, 5.74) is -0.279. The second-order valence-corrected chi connectivity index (χ2v) is 4.17. The van der Waals surface area contributed by atoms with E-state index < -0.39 is 18.3 Å². The monoisotopic (exact) mass is 275 g/mol. The van der Waals surface area contributed by atoms with E-state index in [-0.39, 0.29) is 22.8 Å². The molecule has 0 heterocycles. The lowest BCUT2D eigenvalue weighted by atomic mass is 10.1. The van der Waals surface area contributed by atoms with Gasteiger partial charge in [-0.05, 0) is 32.9 Å². The molecule has 0 spiro atoms. The first-order valence-corrected chi connectivity index (χ1v) is 5.91. The molecule has 0 amide bonds. The fourth-order valence-corrected chi connectivity index (χ4v) is 1.77. The lowest BCUT2D eigenvalue weighted by Crippen LogP contribution is -2.44. The van der Waals surface area contributed by atoms with Crippen molar-refractivity contribution in [1.29, 1.82) is 0 Å². The Morgan fingerprint density at radius 3 is 2.37 bits per heavy atom. The highest BCUT2D eigenvalue weighted by atomic mass is 19.4. The largest absolute Gasteiger partial charge is 0.485 e. The molecule has 1 aromatic carbocycles. The first kappa shape index (κ1) is 15.3. The summed E-state index contributed by atoms with van der Waals surface area (Å²) < 4.78 is 44.0. The molecular formula is C13H16F3NO2. The fraction of sp³-hybridized carbons (Fsp3) is 0.462. The number of nitrogens with zero attached hydrogens (tertiary/aromatic N) is 1. The minimum atomic E-state index is -4.56. The number of hydrogen-bond acceptors (Lipinski definition) is 3. The first-order chi connectivity index (χ1) is 8.79. The summed E-state index contributed by atoms with van der Waals surface area (Å²) in [4.78, 5) is 12.0. The number of carbonyl (C=O) groups excluding carboxylic acids is 1. The Kier molecular flexibility index (Phi) is 4.80. The molecule has 0 unspecified atom stereocenters. The summed E-state index contributed by atoms with van der Waals surface area (Å²) in [6.45, 7) is 4.54. The Morgan fingerprint density at radius 2 is 1.89 bits per heavy atom. The Bertz CT molecular complexity index is 444. The van der Waals surface area contributed by atoms with Crippen molar-refractivity contribution in [2.45, 2.75) is 33.1 Å². The van der Waals surface area contributed by atoms with Crippen LogP contribution in [0.4, 0.5) is 18.9 Å². The standard InChI is InChI=1S/C13H16F3NO2/c1-4-19-12(18)10-7-5-6-8-11(10)17(9(2)3)13(14,15)16/h5-9H,4H2,1-3H3. The molecule has 0 saturated heterocycles. The minimum absolute atomic E-state index is 0.0876. The highest BCUT2D eigenvalue weighted by Crippen LogP contribution is 2.33. The van der Waals surface area contributed by atoms with Crippen LogP contribution in [0.1, 0.15) is 31.1 Å². The molecule has 0 atom stereocenters. The quantitative estimate of drug-likeness (QED) is 0.621. The average molecular weight is 275 g/mol. The number of rotatable bonds is 4. The molecule has 106 valence electrons. The van der Waals surface area contributed by atoms with Gasteiger partial charge in [-0.25, -0.2) is 4.79 Å². The number of ether oxygens (including phenoxy) is 1. The number of alkyl halides is 3. The molecule has 3 nitrogen and oxygen atoms in total. The Labute approximate surface area is 110 Å². The van der Waals surface area contributed by atoms with Crippen molar-refractivity contribution in [3.05, 3.63) is 29.8 Å². The molecule has 1 aromatic rings. The molecule has 1 rings (SSSR count). The molecule has 0 N–H and O–H groups in total. The number of carbonyl (C=O) groups is 1. The summed E-state index contributed by atoms with van der Waals surface area (Å²) in [6, 6.07) is 4.73. The lowest BCUT2D eigenvalue weighted by Gasteiger charge is -2.31. The van der Waals surface area contributed by atoms with E-state index in [1.807, 2.05) is 0 Å². The minimum Gasteiger partial charge on any atom is -0.462 e. The van der Waals surface area contributed by atoms with Crippen LogP contribution in [0.3, 0.4) is 0 Å². The summed E-state index contributed by atoms with van der Waals surface area (Å²) in [5, 5.41) is 0. The van der Waals surface area contributed by atoms with Crippen molar-refractivity contribution in [1.82, 2.24) is 0 Å². The van der Waals surface area contributed by atoms with Crippen LogP contribution in [-0.4, -0.2) is 24.9 Å². The lowest BCUT2D eigenvalue weighted by molar-refractivity contribution is -0.133. The van der Waals surface area contributed by atoms with Gasteiger partial charge in [0.2, 0.25) is 0 Å². The highest BCUT2D eigenvalue weighted by molar-refractivity contribution is 5.96. The summed E-state index contributed by atoms with van der Waals surface area (Å²) in [7, 11) is 0. The third-order valence-electron chi connectivity index (χ3n) is 2.45. The van der Waals surface area contributed by atoms with E-state index in [9.17, 15) is 18.0 Å². The van der Waals surface area contributed by atoms with E-state index in [2.05, 4.69) is 0 Å². The number of halogens is 3. The van der Waals surface area contributed by atoms with Crippen LogP contribution in [0.15, 0.2) is 24.3 Å². The van der Waals surface area contributed by atoms with E-state index in [1.54, 1.807) is 6.92 Å². The van der Waals surface area contributed by atoms with Gasteiger partial charge in [-0.1, -0.05) is 12.1 Å². The fourth-order valence-electron chi connectivity index (χ4n) is 1.77. The van der Waals surface area contributed by atoms with Gasteiger partial charge in [-0.15, -0.1) is 0 Å². The van der Waals surface area contributed by atoms with Crippen LogP contribution >= 0.6 is 0 Å². The SMILES string of the molecule is CCOC(=O)c1ccccc1N(C(C)C)C(F)(F)F. The number of anilines is 1. The van der Waals surface area contributed by atoms with Crippen LogP contribution in [0.25, 0.3) is 0 Å². The average Bonchev–Trinajstić information content (AvgIpc) is 2.27. The van der Waals surface area contributed by atoms with E-state index >= 15 is 0 Å². The third-order valence-corrected chi connectivity index (χ3v) is 2.45. The maximum atomic E-state index is 13.1. The molecule has 6 heteroatoms. The first-order valence-electron chi connectivity index (χ1n) is 5.91. The van der Waals surface area contributed by atoms with Crippen molar-refractivity contribution in [2.75, 3.05) is 11.5 Å². The third kappa shape index (κ3) is 3.62. The van der Waals surface area contributed by atoms with Gasteiger partial charge in [-0.3, -0.25) is 4.90 Å². The van der Waals surface area contributed by atoms with Gasteiger partial charge in [-0.2, -0.15) is 13.2 Å². The summed E-state index contributed by atoms with van der Waals surface area (Å²) in [5.74, 6) is -0.756. The second-order valence-electron chi connectivity index (χ2n) is 4.17. The smallest absolute Gasteiger partial charge is 0.462 e. The van der Waals surface area contributed by atoms with Crippen molar-refractivity contribution in [3.63, 3.8) is 0 Å². The topological polar surface area (TPSA) is 29.5 Å². The zero-order chi connectivity index (χ0) is 14.6. The molecule has 0 radical (unpaired) electrons. The van der Waals surface area contributed by atoms with E-state index in [1.165, 1.54) is 38.1 Å². The number of benzene rings is 1. The van der Waals surface area contributed by atoms with Gasteiger partial charge >= 0.3 is 12.3 Å². The van der Waals surface area contributed by atoms with Crippen LogP contribution in [0, 0.1) is 0 Å². The number of para-hydroxylation sites is 1. The summed E-state index contributed by atoms with van der Waals surface area (Å²) in [6.07, 6.45) is -4.56. The molecule has 0 bridgehead atoms. The highest BCUT2D eigenvalue weighted by Gasteiger charge is 2.40. The van der Waals surface area contributed by atoms with Crippen molar-refractivity contribution in [2.24, 2.45) is 0 Å². The molecule has 0 aliphatic rings. The Morgan fingerprint density at radius 1 is 1.32 bits per heavy atom. The number of esters is 1. The molecule has 0 aromatic heterocycles. The van der Waals surface area contributed by atoms with Gasteiger partial charge in [0.15, 0.2) is 0 Å². The predicted octanol–water partition coefficient (Wildman–Crippen LogP) is 3.60. The van der Waals surface area contributed by atoms with Crippen LogP contribution in [0.5, 0.6) is 0 Å². The van der Waals surface area contributed by atoms with Crippen molar-refractivity contribution >= 4 is 11.7 Å². The zero-order valence-corrected chi connectivity index (χ0v) is 11.0. The van der Waals surface area contributed by atoms with Crippen LogP contribution in [-0.2, 0) is 4.74 Å². The van der Waals surface area contributed by atoms with E-state index in [0.29, 0.717) is 0 Å². The summed E-state index contributed by atoms with van der Waals surface area (Å²) >= 11 is 0. The Balaban J connectivity index is 3.28. The van der Waals surface area contributed by atoms with Gasteiger partial charge in [0.1, 0.15) is 0 Å². The second kappa shape index (κ2) is 5.95. The van der Waals surface area contributed by atoms with Gasteiger partial charge in [0.05, 0.1) is 17.9 Å². The normalized spacial score (nSPS) is 11.5. The molecule has 0 fully saturated rings. The molecule has 0 aliphatic carbocycles. The Hall–Kier alpha value is -1.72. The van der Waals surface area contributed by atoms with Crippen LogP contribution in [0.2, 0.25) is 0 Å². The van der Waals surface area contributed by atoms with Crippen molar-refractivity contribution < 1.29 is 22.7 Å². The molecular weight excluding hydrogens is 259 g/mol. The molecule has 19 heavy (non-hydrogen) atoms. The predicted molar refractivity (Wildman–Crippen MR) is 66.1 cm³/mol. The van der Waals surface area contributed by atoms with E-state index in [0.717, 1.165) is 0 Å². The maximum absolute atomic E-state index is 13.1. The number of hydrogen-bond donors (Lipinski definition) is 0. The molecule has 0 aliphatic heterocycles.